The minimum Gasteiger partial charge on any atom is -0.408 e. The Labute approximate surface area is 149 Å². The number of benzene rings is 1. The largest absolute Gasteiger partial charge is 0.419 e. The first-order valence-electron chi connectivity index (χ1n) is 8.26. The van der Waals surface area contributed by atoms with Gasteiger partial charge < -0.3 is 14.1 Å². The molecule has 9 nitrogen and oxygen atoms in total. The normalized spacial score (nSPS) is 24.8. The van der Waals surface area contributed by atoms with Crippen molar-refractivity contribution in [3.05, 3.63) is 28.7 Å². The lowest BCUT2D eigenvalue weighted by Gasteiger charge is -2.25. The van der Waals surface area contributed by atoms with Crippen molar-refractivity contribution in [2.45, 2.75) is 23.5 Å². The Morgan fingerprint density at radius 2 is 1.92 bits per heavy atom. The number of amides is 1. The molecular formula is C16H19N3O6S. The summed E-state index contributed by atoms with van der Waals surface area (Å²) < 4.78 is 39.5. The zero-order chi connectivity index (χ0) is 18.6. The maximum absolute atomic E-state index is 13.1. The van der Waals surface area contributed by atoms with Crippen LogP contribution in [0.2, 0.25) is 0 Å². The number of fused-ring (bicyclic) bond motifs is 2. The number of likely N-dealkylation sites (N-methyl/N-ethyl adjacent to an activating group) is 1. The average Bonchev–Trinajstić information content (AvgIpc) is 3.12. The number of oxazole rings is 1. The molecule has 1 aromatic carbocycles. The standard InChI is InChI=1S/C16H19N3O6S/c1-17-12-8-19(9-14(12)24-6-5-15(17)20)26(22,23)10-3-4-13-11(7-10)18(2)16(21)25-13/h3-4,7,12,14H,5-6,8-9H2,1-2H3/t12-,14-/m0/s1. The maximum Gasteiger partial charge on any atom is 0.419 e. The van der Waals surface area contributed by atoms with Crippen LogP contribution in [0.15, 0.2) is 32.3 Å². The molecule has 140 valence electrons. The third-order valence-corrected chi connectivity index (χ3v) is 6.97. The van der Waals surface area contributed by atoms with Crippen molar-refractivity contribution in [3.8, 4) is 0 Å². The van der Waals surface area contributed by atoms with Crippen LogP contribution < -0.4 is 5.76 Å². The summed E-state index contributed by atoms with van der Waals surface area (Å²) in [4.78, 5) is 25.3. The highest BCUT2D eigenvalue weighted by Crippen LogP contribution is 2.28. The lowest BCUT2D eigenvalue weighted by atomic mass is 10.2. The molecule has 2 fully saturated rings. The fourth-order valence-corrected chi connectivity index (χ4v) is 5.02. The Hall–Kier alpha value is -2.17. The molecule has 2 aliphatic rings. The van der Waals surface area contributed by atoms with Gasteiger partial charge in [-0.25, -0.2) is 13.2 Å². The smallest absolute Gasteiger partial charge is 0.408 e. The number of carbonyl (C=O) groups excluding carboxylic acids is 1. The summed E-state index contributed by atoms with van der Waals surface area (Å²) in [5.41, 5.74) is 0.740. The Morgan fingerprint density at radius 3 is 2.69 bits per heavy atom. The van der Waals surface area contributed by atoms with E-state index in [1.54, 1.807) is 11.9 Å². The number of ether oxygens (including phenoxy) is 1. The third kappa shape index (κ3) is 2.56. The number of nitrogens with zero attached hydrogens (tertiary/aromatic N) is 3. The van der Waals surface area contributed by atoms with E-state index in [0.29, 0.717) is 24.1 Å². The maximum atomic E-state index is 13.1. The average molecular weight is 381 g/mol. The van der Waals surface area contributed by atoms with Gasteiger partial charge in [0.25, 0.3) is 0 Å². The first kappa shape index (κ1) is 17.3. The first-order chi connectivity index (χ1) is 12.3. The lowest BCUT2D eigenvalue weighted by molar-refractivity contribution is -0.130. The second-order valence-electron chi connectivity index (χ2n) is 6.61. The number of rotatable bonds is 2. The van der Waals surface area contributed by atoms with Crippen LogP contribution in [0.4, 0.5) is 0 Å². The highest BCUT2D eigenvalue weighted by molar-refractivity contribution is 7.89. The Balaban J connectivity index is 1.68. The summed E-state index contributed by atoms with van der Waals surface area (Å²) in [7, 11) is -0.591. The quantitative estimate of drug-likeness (QED) is 0.711. The summed E-state index contributed by atoms with van der Waals surface area (Å²) in [5, 5.41) is 0. The van der Waals surface area contributed by atoms with Crippen LogP contribution in [0.3, 0.4) is 0 Å². The van der Waals surface area contributed by atoms with Crippen molar-refractivity contribution < 1.29 is 22.4 Å². The van der Waals surface area contributed by atoms with E-state index in [4.69, 9.17) is 9.15 Å². The van der Waals surface area contributed by atoms with E-state index in [-0.39, 0.29) is 36.0 Å². The highest BCUT2D eigenvalue weighted by Gasteiger charge is 2.44. The van der Waals surface area contributed by atoms with Gasteiger partial charge in [0, 0.05) is 27.2 Å². The van der Waals surface area contributed by atoms with Crippen molar-refractivity contribution in [3.63, 3.8) is 0 Å². The van der Waals surface area contributed by atoms with Crippen LogP contribution in [0.5, 0.6) is 0 Å². The van der Waals surface area contributed by atoms with Gasteiger partial charge in [-0.3, -0.25) is 9.36 Å². The van der Waals surface area contributed by atoms with Crippen LogP contribution in [0.1, 0.15) is 6.42 Å². The molecule has 0 unspecified atom stereocenters. The van der Waals surface area contributed by atoms with Crippen molar-refractivity contribution in [2.75, 3.05) is 26.7 Å². The van der Waals surface area contributed by atoms with Crippen LogP contribution >= 0.6 is 0 Å². The number of hydrogen-bond acceptors (Lipinski definition) is 6. The molecule has 3 heterocycles. The molecule has 1 aromatic heterocycles. The number of aryl methyl sites for hydroxylation is 1. The van der Waals surface area contributed by atoms with Crippen molar-refractivity contribution in [2.24, 2.45) is 7.05 Å². The fourth-order valence-electron chi connectivity index (χ4n) is 3.53. The van der Waals surface area contributed by atoms with Gasteiger partial charge in [0.1, 0.15) is 0 Å². The molecule has 0 N–H and O–H groups in total. The van der Waals surface area contributed by atoms with Gasteiger partial charge in [0.05, 0.1) is 35.6 Å². The predicted molar refractivity (Wildman–Crippen MR) is 91.1 cm³/mol. The van der Waals surface area contributed by atoms with Crippen LogP contribution in [0, 0.1) is 0 Å². The van der Waals surface area contributed by atoms with Crippen molar-refractivity contribution in [1.29, 1.82) is 0 Å². The van der Waals surface area contributed by atoms with Gasteiger partial charge in [-0.05, 0) is 18.2 Å². The van der Waals surface area contributed by atoms with Gasteiger partial charge in [0.15, 0.2) is 5.58 Å². The van der Waals surface area contributed by atoms with E-state index in [0.717, 1.165) is 0 Å². The summed E-state index contributed by atoms with van der Waals surface area (Å²) in [5.74, 6) is -0.599. The van der Waals surface area contributed by atoms with Crippen LogP contribution in [0.25, 0.3) is 11.1 Å². The summed E-state index contributed by atoms with van der Waals surface area (Å²) in [6, 6.07) is 4.02. The zero-order valence-corrected chi connectivity index (χ0v) is 15.2. The second kappa shape index (κ2) is 5.93. The highest BCUT2D eigenvalue weighted by atomic mass is 32.2. The Kier molecular flexibility index (Phi) is 3.94. The minimum atomic E-state index is -3.79. The zero-order valence-electron chi connectivity index (χ0n) is 14.4. The van der Waals surface area contributed by atoms with E-state index >= 15 is 0 Å². The molecular weight excluding hydrogens is 362 g/mol. The molecule has 0 aliphatic carbocycles. The molecule has 0 bridgehead atoms. The Bertz CT molecular complexity index is 1040. The van der Waals surface area contributed by atoms with Gasteiger partial charge in [-0.2, -0.15) is 4.31 Å². The minimum absolute atomic E-state index is 0.0495. The van der Waals surface area contributed by atoms with Crippen molar-refractivity contribution in [1.82, 2.24) is 13.8 Å². The van der Waals surface area contributed by atoms with E-state index in [9.17, 15) is 18.0 Å². The molecule has 2 aromatic rings. The van der Waals surface area contributed by atoms with E-state index in [1.807, 2.05) is 0 Å². The SMILES string of the molecule is CN1C(=O)CCO[C@H]2CN(S(=O)(=O)c3ccc4oc(=O)n(C)c4c3)C[C@@H]21. The molecule has 0 spiro atoms. The summed E-state index contributed by atoms with van der Waals surface area (Å²) in [6.45, 7) is 0.659. The molecule has 1 amide bonds. The molecule has 2 saturated heterocycles. The Morgan fingerprint density at radius 1 is 1.15 bits per heavy atom. The number of hydrogen-bond donors (Lipinski definition) is 0. The van der Waals surface area contributed by atoms with Crippen LogP contribution in [-0.4, -0.2) is 67.0 Å². The molecule has 0 saturated carbocycles. The fraction of sp³-hybridized carbons (Fsp3) is 0.500. The first-order valence-corrected chi connectivity index (χ1v) is 9.70. The molecule has 2 aliphatic heterocycles. The number of carbonyl (C=O) groups is 1. The van der Waals surface area contributed by atoms with E-state index < -0.39 is 15.8 Å². The second-order valence-corrected chi connectivity index (χ2v) is 8.55. The van der Waals surface area contributed by atoms with Gasteiger partial charge >= 0.3 is 5.76 Å². The number of sulfonamides is 1. The molecule has 10 heteroatoms. The van der Waals surface area contributed by atoms with Crippen LogP contribution in [-0.2, 0) is 26.6 Å². The van der Waals surface area contributed by atoms with E-state index in [1.165, 1.54) is 34.1 Å². The topological polar surface area (TPSA) is 102 Å². The van der Waals surface area contributed by atoms with Gasteiger partial charge in [-0.15, -0.1) is 0 Å². The molecule has 0 radical (unpaired) electrons. The summed E-state index contributed by atoms with van der Waals surface area (Å²) in [6.07, 6.45) is -0.0372. The van der Waals surface area contributed by atoms with Crippen molar-refractivity contribution >= 4 is 27.0 Å². The predicted octanol–water partition coefficient (Wildman–Crippen LogP) is -0.248. The monoisotopic (exact) mass is 381 g/mol. The van der Waals surface area contributed by atoms with Gasteiger partial charge in [-0.1, -0.05) is 0 Å². The van der Waals surface area contributed by atoms with E-state index in [2.05, 4.69) is 0 Å². The number of aromatic nitrogens is 1. The summed E-state index contributed by atoms with van der Waals surface area (Å²) >= 11 is 0. The molecule has 4 rings (SSSR count). The molecule has 2 atom stereocenters. The lowest BCUT2D eigenvalue weighted by Crippen LogP contribution is -2.43. The van der Waals surface area contributed by atoms with Gasteiger partial charge in [0.2, 0.25) is 15.9 Å². The third-order valence-electron chi connectivity index (χ3n) is 5.14. The molecule has 26 heavy (non-hydrogen) atoms.